The number of halogens is 1. The first-order chi connectivity index (χ1) is 9.72. The van der Waals surface area contributed by atoms with Gasteiger partial charge in [-0.15, -0.1) is 11.6 Å². The maximum Gasteiger partial charge on any atom is 0.222 e. The summed E-state index contributed by atoms with van der Waals surface area (Å²) in [5.41, 5.74) is 1.18. The van der Waals surface area contributed by atoms with Crippen LogP contribution in [0.5, 0.6) is 5.75 Å². The van der Waals surface area contributed by atoms with Crippen molar-refractivity contribution in [3.8, 4) is 5.75 Å². The minimum atomic E-state index is 0.262. The van der Waals surface area contributed by atoms with Crippen molar-refractivity contribution in [3.05, 3.63) is 29.8 Å². The number of ether oxygens (including phenoxy) is 1. The molecule has 1 aromatic carbocycles. The molecule has 0 aromatic heterocycles. The minimum absolute atomic E-state index is 0.262. The molecule has 20 heavy (non-hydrogen) atoms. The van der Waals surface area contributed by atoms with Crippen molar-refractivity contribution in [2.45, 2.75) is 25.7 Å². The summed E-state index contributed by atoms with van der Waals surface area (Å²) in [6.07, 6.45) is 3.49. The highest BCUT2D eigenvalue weighted by Crippen LogP contribution is 2.21. The van der Waals surface area contributed by atoms with Crippen LogP contribution in [0.1, 0.15) is 24.8 Å². The molecule has 1 aliphatic rings. The van der Waals surface area contributed by atoms with Gasteiger partial charge < -0.3 is 9.64 Å². The average Bonchev–Trinajstić information content (AvgIpc) is 2.94. The van der Waals surface area contributed by atoms with Crippen LogP contribution in [0, 0.1) is 5.92 Å². The Kier molecular flexibility index (Phi) is 5.72. The first kappa shape index (κ1) is 15.2. The molecule has 0 aliphatic carbocycles. The number of hydrogen-bond donors (Lipinski definition) is 0. The molecule has 1 unspecified atom stereocenters. The van der Waals surface area contributed by atoms with Gasteiger partial charge in [-0.25, -0.2) is 0 Å². The van der Waals surface area contributed by atoms with E-state index in [2.05, 4.69) is 0 Å². The van der Waals surface area contributed by atoms with Gasteiger partial charge in [0, 0.05) is 25.4 Å². The lowest BCUT2D eigenvalue weighted by Gasteiger charge is -2.16. The summed E-state index contributed by atoms with van der Waals surface area (Å²) in [6, 6.07) is 7.91. The second-order valence-electron chi connectivity index (χ2n) is 5.32. The number of nitrogens with zero attached hydrogens (tertiary/aromatic N) is 1. The molecule has 1 aliphatic heterocycles. The zero-order chi connectivity index (χ0) is 14.4. The van der Waals surface area contributed by atoms with Crippen LogP contribution in [0.15, 0.2) is 24.3 Å². The van der Waals surface area contributed by atoms with E-state index in [0.717, 1.165) is 38.1 Å². The third-order valence-corrected chi connectivity index (χ3v) is 4.16. The molecule has 1 atom stereocenters. The predicted molar refractivity (Wildman–Crippen MR) is 81.3 cm³/mol. The first-order valence-electron chi connectivity index (χ1n) is 7.19. The second kappa shape index (κ2) is 7.53. The van der Waals surface area contributed by atoms with Crippen LogP contribution < -0.4 is 4.74 Å². The van der Waals surface area contributed by atoms with Crippen LogP contribution >= 0.6 is 11.6 Å². The van der Waals surface area contributed by atoms with Gasteiger partial charge in [-0.05, 0) is 42.9 Å². The van der Waals surface area contributed by atoms with Crippen molar-refractivity contribution in [1.82, 2.24) is 4.90 Å². The maximum atomic E-state index is 12.2. The number of aryl methyl sites for hydroxylation is 1. The molecule has 1 amide bonds. The average molecular weight is 296 g/mol. The van der Waals surface area contributed by atoms with E-state index in [0.29, 0.717) is 18.2 Å². The highest BCUT2D eigenvalue weighted by atomic mass is 35.5. The SMILES string of the molecule is COc1ccc(CCC(=O)N2CCC(CCCl)C2)cc1. The lowest BCUT2D eigenvalue weighted by molar-refractivity contribution is -0.130. The molecular formula is C16H22ClNO2. The quantitative estimate of drug-likeness (QED) is 0.755. The molecule has 1 heterocycles. The summed E-state index contributed by atoms with van der Waals surface area (Å²) in [6.45, 7) is 1.77. The lowest BCUT2D eigenvalue weighted by atomic mass is 10.1. The Morgan fingerprint density at radius 1 is 1.40 bits per heavy atom. The lowest BCUT2D eigenvalue weighted by Crippen LogP contribution is -2.28. The predicted octanol–water partition coefficient (Wildman–Crippen LogP) is 3.11. The summed E-state index contributed by atoms with van der Waals surface area (Å²) in [5, 5.41) is 0. The molecule has 1 aromatic rings. The Morgan fingerprint density at radius 3 is 2.80 bits per heavy atom. The van der Waals surface area contributed by atoms with Gasteiger partial charge in [-0.2, -0.15) is 0 Å². The van der Waals surface area contributed by atoms with Crippen LogP contribution in [-0.4, -0.2) is 36.9 Å². The van der Waals surface area contributed by atoms with Crippen LogP contribution in [0.4, 0.5) is 0 Å². The van der Waals surface area contributed by atoms with E-state index in [4.69, 9.17) is 16.3 Å². The summed E-state index contributed by atoms with van der Waals surface area (Å²) in [5.74, 6) is 2.40. The monoisotopic (exact) mass is 295 g/mol. The number of hydrogen-bond acceptors (Lipinski definition) is 2. The number of carbonyl (C=O) groups is 1. The van der Waals surface area contributed by atoms with Gasteiger partial charge >= 0.3 is 0 Å². The van der Waals surface area contributed by atoms with Crippen molar-refractivity contribution in [2.75, 3.05) is 26.1 Å². The fourth-order valence-electron chi connectivity index (χ4n) is 2.65. The Morgan fingerprint density at radius 2 is 2.15 bits per heavy atom. The topological polar surface area (TPSA) is 29.5 Å². The van der Waals surface area contributed by atoms with Gasteiger partial charge in [-0.3, -0.25) is 4.79 Å². The van der Waals surface area contributed by atoms with Crippen LogP contribution in [0.2, 0.25) is 0 Å². The zero-order valence-corrected chi connectivity index (χ0v) is 12.7. The van der Waals surface area contributed by atoms with E-state index < -0.39 is 0 Å². The van der Waals surface area contributed by atoms with Crippen molar-refractivity contribution < 1.29 is 9.53 Å². The number of likely N-dealkylation sites (tertiary alicyclic amines) is 1. The van der Waals surface area contributed by atoms with Gasteiger partial charge in [-0.1, -0.05) is 12.1 Å². The van der Waals surface area contributed by atoms with E-state index in [1.807, 2.05) is 29.2 Å². The second-order valence-corrected chi connectivity index (χ2v) is 5.70. The molecule has 0 bridgehead atoms. The summed E-state index contributed by atoms with van der Waals surface area (Å²) < 4.78 is 5.12. The molecule has 0 spiro atoms. The van der Waals surface area contributed by atoms with Crippen LogP contribution in [-0.2, 0) is 11.2 Å². The third kappa shape index (κ3) is 4.14. The van der Waals surface area contributed by atoms with Crippen LogP contribution in [0.25, 0.3) is 0 Å². The van der Waals surface area contributed by atoms with Gasteiger partial charge in [0.05, 0.1) is 7.11 Å². The molecule has 3 nitrogen and oxygen atoms in total. The van der Waals surface area contributed by atoms with Crippen molar-refractivity contribution in [1.29, 1.82) is 0 Å². The zero-order valence-electron chi connectivity index (χ0n) is 12.0. The molecule has 4 heteroatoms. The van der Waals surface area contributed by atoms with Crippen LogP contribution in [0.3, 0.4) is 0 Å². The molecule has 0 N–H and O–H groups in total. The molecule has 1 saturated heterocycles. The Hall–Kier alpha value is -1.22. The van der Waals surface area contributed by atoms with Crippen molar-refractivity contribution in [3.63, 3.8) is 0 Å². The number of carbonyl (C=O) groups excluding carboxylic acids is 1. The smallest absolute Gasteiger partial charge is 0.222 e. The van der Waals surface area contributed by atoms with E-state index in [-0.39, 0.29) is 5.91 Å². The molecule has 110 valence electrons. The standard InChI is InChI=1S/C16H22ClNO2/c1-20-15-5-2-13(3-6-15)4-7-16(19)18-11-9-14(12-18)8-10-17/h2-3,5-6,14H,4,7-12H2,1H3. The Bertz CT molecular complexity index is 433. The fourth-order valence-corrected chi connectivity index (χ4v) is 2.96. The highest BCUT2D eigenvalue weighted by molar-refractivity contribution is 6.17. The molecule has 1 fully saturated rings. The number of benzene rings is 1. The normalized spacial score (nSPS) is 18.3. The van der Waals surface area contributed by atoms with Gasteiger partial charge in [0.1, 0.15) is 5.75 Å². The van der Waals surface area contributed by atoms with Crippen molar-refractivity contribution in [2.24, 2.45) is 5.92 Å². The third-order valence-electron chi connectivity index (χ3n) is 3.94. The molecule has 2 rings (SSSR count). The van der Waals surface area contributed by atoms with E-state index >= 15 is 0 Å². The number of rotatable bonds is 6. The molecule has 0 saturated carbocycles. The van der Waals surface area contributed by atoms with E-state index in [1.165, 1.54) is 5.56 Å². The summed E-state index contributed by atoms with van der Waals surface area (Å²) in [4.78, 5) is 14.1. The Balaban J connectivity index is 1.77. The minimum Gasteiger partial charge on any atom is -0.497 e. The number of amides is 1. The van der Waals surface area contributed by atoms with Gasteiger partial charge in [0.15, 0.2) is 0 Å². The molecule has 0 radical (unpaired) electrons. The summed E-state index contributed by atoms with van der Waals surface area (Å²) >= 11 is 5.76. The highest BCUT2D eigenvalue weighted by Gasteiger charge is 2.25. The largest absolute Gasteiger partial charge is 0.497 e. The van der Waals surface area contributed by atoms with E-state index in [9.17, 15) is 4.79 Å². The van der Waals surface area contributed by atoms with Gasteiger partial charge in [0.25, 0.3) is 0 Å². The van der Waals surface area contributed by atoms with Gasteiger partial charge in [0.2, 0.25) is 5.91 Å². The van der Waals surface area contributed by atoms with E-state index in [1.54, 1.807) is 7.11 Å². The maximum absolute atomic E-state index is 12.2. The summed E-state index contributed by atoms with van der Waals surface area (Å²) in [7, 11) is 1.66. The Labute approximate surface area is 125 Å². The first-order valence-corrected chi connectivity index (χ1v) is 7.73. The van der Waals surface area contributed by atoms with Crippen molar-refractivity contribution >= 4 is 17.5 Å². The number of alkyl halides is 1. The number of methoxy groups -OCH3 is 1. The molecular weight excluding hydrogens is 274 g/mol. The fraction of sp³-hybridized carbons (Fsp3) is 0.562.